The lowest BCUT2D eigenvalue weighted by atomic mass is 10.1. The fraction of sp³-hybridized carbons (Fsp3) is 0.333. The van der Waals surface area contributed by atoms with Crippen molar-refractivity contribution in [3.05, 3.63) is 71.3 Å². The molecule has 0 radical (unpaired) electrons. The Balaban J connectivity index is 2.01. The van der Waals surface area contributed by atoms with Gasteiger partial charge >= 0.3 is 0 Å². The normalized spacial score (nSPS) is 11.6. The molecule has 4 nitrogen and oxygen atoms in total. The van der Waals surface area contributed by atoms with Crippen LogP contribution in [0, 0.1) is 6.92 Å². The first-order valence-electron chi connectivity index (χ1n) is 8.68. The molecule has 2 rings (SSSR count). The molecule has 0 saturated heterocycles. The van der Waals surface area contributed by atoms with Crippen molar-refractivity contribution >= 4 is 11.8 Å². The van der Waals surface area contributed by atoms with Gasteiger partial charge in [0.25, 0.3) is 0 Å². The molecule has 25 heavy (non-hydrogen) atoms. The molecule has 1 atom stereocenters. The van der Waals surface area contributed by atoms with E-state index in [9.17, 15) is 9.59 Å². The lowest BCUT2D eigenvalue weighted by Crippen LogP contribution is -2.47. The van der Waals surface area contributed by atoms with Crippen LogP contribution in [-0.2, 0) is 22.7 Å². The van der Waals surface area contributed by atoms with Gasteiger partial charge in [0, 0.05) is 19.5 Å². The highest BCUT2D eigenvalue weighted by atomic mass is 16.2. The maximum absolute atomic E-state index is 12.5. The van der Waals surface area contributed by atoms with Crippen LogP contribution in [0.1, 0.15) is 37.0 Å². The van der Waals surface area contributed by atoms with Crippen LogP contribution in [0.2, 0.25) is 0 Å². The maximum Gasteiger partial charge on any atom is 0.242 e. The molecule has 1 N–H and O–H groups in total. The number of hydrogen-bond donors (Lipinski definition) is 1. The summed E-state index contributed by atoms with van der Waals surface area (Å²) in [7, 11) is 0. The second kappa shape index (κ2) is 9.02. The number of nitrogens with one attached hydrogen (secondary N) is 1. The summed E-state index contributed by atoms with van der Waals surface area (Å²) in [6.45, 7) is 6.52. The highest BCUT2D eigenvalue weighted by Crippen LogP contribution is 2.11. The van der Waals surface area contributed by atoms with E-state index in [1.54, 1.807) is 11.8 Å². The molecule has 0 fully saturated rings. The van der Waals surface area contributed by atoms with Crippen LogP contribution in [0.4, 0.5) is 0 Å². The second-order valence-corrected chi connectivity index (χ2v) is 6.24. The Morgan fingerprint density at radius 2 is 1.64 bits per heavy atom. The van der Waals surface area contributed by atoms with Gasteiger partial charge in [-0.15, -0.1) is 0 Å². The van der Waals surface area contributed by atoms with Crippen LogP contribution in [0.3, 0.4) is 0 Å². The topological polar surface area (TPSA) is 49.4 Å². The first-order valence-corrected chi connectivity index (χ1v) is 8.68. The third-order valence-corrected chi connectivity index (χ3v) is 4.25. The van der Waals surface area contributed by atoms with Gasteiger partial charge in [0.2, 0.25) is 11.8 Å². The molecule has 0 aromatic heterocycles. The summed E-state index contributed by atoms with van der Waals surface area (Å²) in [6.07, 6.45) is 0.377. The van der Waals surface area contributed by atoms with E-state index in [0.717, 1.165) is 11.1 Å². The van der Waals surface area contributed by atoms with Gasteiger partial charge in [0.05, 0.1) is 0 Å². The van der Waals surface area contributed by atoms with Crippen LogP contribution < -0.4 is 5.32 Å². The molecule has 0 spiro atoms. The van der Waals surface area contributed by atoms with E-state index in [-0.39, 0.29) is 11.8 Å². The van der Waals surface area contributed by atoms with E-state index >= 15 is 0 Å². The molecular formula is C21H26N2O2. The molecule has 0 saturated carbocycles. The molecule has 0 unspecified atom stereocenters. The number of nitrogens with zero attached hydrogens (tertiary/aromatic N) is 1. The summed E-state index contributed by atoms with van der Waals surface area (Å²) in [4.78, 5) is 26.5. The lowest BCUT2D eigenvalue weighted by molar-refractivity contribution is -0.140. The fourth-order valence-electron chi connectivity index (χ4n) is 2.61. The minimum Gasteiger partial charge on any atom is -0.350 e. The van der Waals surface area contributed by atoms with Crippen molar-refractivity contribution in [3.8, 4) is 0 Å². The molecule has 2 aromatic rings. The Bertz CT molecular complexity index is 696. The van der Waals surface area contributed by atoms with Crippen molar-refractivity contribution < 1.29 is 9.59 Å². The van der Waals surface area contributed by atoms with Crippen LogP contribution in [0.5, 0.6) is 0 Å². The summed E-state index contributed by atoms with van der Waals surface area (Å²) in [5.74, 6) is -0.167. The predicted molar refractivity (Wildman–Crippen MR) is 99.8 cm³/mol. The summed E-state index contributed by atoms with van der Waals surface area (Å²) in [5.41, 5.74) is 3.25. The van der Waals surface area contributed by atoms with Gasteiger partial charge in [-0.05, 0) is 25.0 Å². The standard InChI is InChI=1S/C21H26N2O2/c1-4-20(24)23(15-19-8-6-5-7-9-19)17(3)21(25)22-14-18-12-10-16(2)11-13-18/h5-13,17H,4,14-15H2,1-3H3,(H,22,25)/t17-/m1/s1. The number of rotatable bonds is 7. The Kier molecular flexibility index (Phi) is 6.75. The first-order chi connectivity index (χ1) is 12.0. The van der Waals surface area contributed by atoms with Crippen molar-refractivity contribution in [2.45, 2.75) is 46.3 Å². The Hall–Kier alpha value is -2.62. The number of hydrogen-bond acceptors (Lipinski definition) is 2. The van der Waals surface area contributed by atoms with E-state index in [1.165, 1.54) is 5.56 Å². The zero-order valence-corrected chi connectivity index (χ0v) is 15.2. The van der Waals surface area contributed by atoms with Crippen LogP contribution in [0.25, 0.3) is 0 Å². The van der Waals surface area contributed by atoms with Crippen molar-refractivity contribution in [1.82, 2.24) is 10.2 Å². The second-order valence-electron chi connectivity index (χ2n) is 6.24. The highest BCUT2D eigenvalue weighted by molar-refractivity contribution is 5.87. The van der Waals surface area contributed by atoms with E-state index < -0.39 is 6.04 Å². The van der Waals surface area contributed by atoms with Gasteiger partial charge in [-0.25, -0.2) is 0 Å². The van der Waals surface area contributed by atoms with Gasteiger partial charge in [-0.2, -0.15) is 0 Å². The number of aryl methyl sites for hydroxylation is 1. The molecule has 2 aromatic carbocycles. The number of carbonyl (C=O) groups is 2. The molecule has 0 aliphatic carbocycles. The molecule has 2 amide bonds. The summed E-state index contributed by atoms with van der Waals surface area (Å²) >= 11 is 0. The first kappa shape index (κ1) is 18.7. The zero-order chi connectivity index (χ0) is 18.2. The number of benzene rings is 2. The predicted octanol–water partition coefficient (Wildman–Crippen LogP) is 3.44. The summed E-state index contributed by atoms with van der Waals surface area (Å²) in [6, 6.07) is 17.3. The Labute approximate surface area is 149 Å². The van der Waals surface area contributed by atoms with E-state index in [1.807, 2.05) is 68.4 Å². The number of amides is 2. The van der Waals surface area contributed by atoms with Crippen LogP contribution in [0.15, 0.2) is 54.6 Å². The van der Waals surface area contributed by atoms with Crippen LogP contribution >= 0.6 is 0 Å². The van der Waals surface area contributed by atoms with Crippen molar-refractivity contribution in [3.63, 3.8) is 0 Å². The SMILES string of the molecule is CCC(=O)N(Cc1ccccc1)[C@H](C)C(=O)NCc1ccc(C)cc1. The Morgan fingerprint density at radius 3 is 2.24 bits per heavy atom. The van der Waals surface area contributed by atoms with E-state index in [4.69, 9.17) is 0 Å². The van der Waals surface area contributed by atoms with Crippen molar-refractivity contribution in [1.29, 1.82) is 0 Å². The number of carbonyl (C=O) groups excluding carboxylic acids is 2. The fourth-order valence-corrected chi connectivity index (χ4v) is 2.61. The van der Waals surface area contributed by atoms with Gasteiger partial charge in [0.1, 0.15) is 6.04 Å². The zero-order valence-electron chi connectivity index (χ0n) is 15.2. The van der Waals surface area contributed by atoms with E-state index in [0.29, 0.717) is 19.5 Å². The summed E-state index contributed by atoms with van der Waals surface area (Å²) < 4.78 is 0. The van der Waals surface area contributed by atoms with Gasteiger partial charge < -0.3 is 10.2 Å². The largest absolute Gasteiger partial charge is 0.350 e. The Morgan fingerprint density at radius 1 is 1.00 bits per heavy atom. The molecular weight excluding hydrogens is 312 g/mol. The molecule has 0 aliphatic heterocycles. The molecule has 0 aliphatic rings. The smallest absolute Gasteiger partial charge is 0.242 e. The molecule has 4 heteroatoms. The van der Waals surface area contributed by atoms with Gasteiger partial charge in [-0.1, -0.05) is 67.1 Å². The lowest BCUT2D eigenvalue weighted by Gasteiger charge is -2.28. The van der Waals surface area contributed by atoms with E-state index in [2.05, 4.69) is 5.32 Å². The molecule has 132 valence electrons. The quantitative estimate of drug-likeness (QED) is 0.841. The average Bonchev–Trinajstić information content (AvgIpc) is 2.65. The highest BCUT2D eigenvalue weighted by Gasteiger charge is 2.24. The van der Waals surface area contributed by atoms with Gasteiger partial charge in [-0.3, -0.25) is 9.59 Å². The third kappa shape index (κ3) is 5.45. The molecule has 0 heterocycles. The minimum absolute atomic E-state index is 0.0261. The maximum atomic E-state index is 12.5. The third-order valence-electron chi connectivity index (χ3n) is 4.25. The monoisotopic (exact) mass is 338 g/mol. The average molecular weight is 338 g/mol. The van der Waals surface area contributed by atoms with Crippen molar-refractivity contribution in [2.24, 2.45) is 0 Å². The molecule has 0 bridgehead atoms. The summed E-state index contributed by atoms with van der Waals surface area (Å²) in [5, 5.41) is 2.93. The van der Waals surface area contributed by atoms with Crippen molar-refractivity contribution in [2.75, 3.05) is 0 Å². The van der Waals surface area contributed by atoms with Crippen LogP contribution in [-0.4, -0.2) is 22.8 Å². The minimum atomic E-state index is -0.516. The van der Waals surface area contributed by atoms with Gasteiger partial charge in [0.15, 0.2) is 0 Å².